The highest BCUT2D eigenvalue weighted by Gasteiger charge is 2.21. The first kappa shape index (κ1) is 12.7. The lowest BCUT2D eigenvalue weighted by atomic mass is 10.2. The Morgan fingerprint density at radius 3 is 3.00 bits per heavy atom. The summed E-state index contributed by atoms with van der Waals surface area (Å²) in [7, 11) is 0. The molecule has 0 spiro atoms. The number of nitrogens with two attached hydrogens (primary N) is 1. The van der Waals surface area contributed by atoms with Crippen LogP contribution in [0.5, 0.6) is 5.75 Å². The van der Waals surface area contributed by atoms with Crippen molar-refractivity contribution in [2.75, 3.05) is 25.6 Å². The van der Waals surface area contributed by atoms with Gasteiger partial charge in [-0.2, -0.15) is 0 Å². The summed E-state index contributed by atoms with van der Waals surface area (Å²) in [5, 5.41) is 0. The van der Waals surface area contributed by atoms with Crippen LogP contribution in [0.25, 0.3) is 0 Å². The van der Waals surface area contributed by atoms with Gasteiger partial charge in [0, 0.05) is 6.42 Å². The molecule has 0 bridgehead atoms. The Bertz CT molecular complexity index is 427. The summed E-state index contributed by atoms with van der Waals surface area (Å²) in [6.07, 6.45) is 0.600. The average Bonchev–Trinajstić information content (AvgIpc) is 2.84. The molecule has 1 heterocycles. The van der Waals surface area contributed by atoms with Crippen molar-refractivity contribution < 1.29 is 19.0 Å². The molecule has 5 nitrogen and oxygen atoms in total. The zero-order valence-corrected chi connectivity index (χ0v) is 10.3. The molecule has 1 saturated heterocycles. The summed E-state index contributed by atoms with van der Waals surface area (Å²) in [6, 6.07) is 4.91. The fraction of sp³-hybridized carbons (Fsp3) is 0.462. The van der Waals surface area contributed by atoms with Crippen molar-refractivity contribution in [1.82, 2.24) is 0 Å². The summed E-state index contributed by atoms with van der Waals surface area (Å²) in [5.74, 6) is 0.207. The Morgan fingerprint density at radius 2 is 2.39 bits per heavy atom. The summed E-state index contributed by atoms with van der Waals surface area (Å²) in [5.41, 5.74) is 6.67. The van der Waals surface area contributed by atoms with Crippen LogP contribution < -0.4 is 10.5 Å². The van der Waals surface area contributed by atoms with Crippen LogP contribution in [-0.2, 0) is 9.47 Å². The zero-order valence-electron chi connectivity index (χ0n) is 10.3. The van der Waals surface area contributed by atoms with Gasteiger partial charge in [-0.25, -0.2) is 4.79 Å². The van der Waals surface area contributed by atoms with Gasteiger partial charge in [0.2, 0.25) is 0 Å². The molecule has 1 aliphatic heterocycles. The second-order valence-corrected chi connectivity index (χ2v) is 4.08. The van der Waals surface area contributed by atoms with Crippen molar-refractivity contribution >= 4 is 11.7 Å². The largest absolute Gasteiger partial charge is 0.492 e. The van der Waals surface area contributed by atoms with Crippen LogP contribution in [0.3, 0.4) is 0 Å². The van der Waals surface area contributed by atoms with Gasteiger partial charge >= 0.3 is 5.97 Å². The van der Waals surface area contributed by atoms with Gasteiger partial charge < -0.3 is 19.9 Å². The quantitative estimate of drug-likeness (QED) is 0.650. The first-order chi connectivity index (χ1) is 8.70. The fourth-order valence-corrected chi connectivity index (χ4v) is 1.79. The van der Waals surface area contributed by atoms with Gasteiger partial charge in [0.15, 0.2) is 0 Å². The third kappa shape index (κ3) is 2.92. The van der Waals surface area contributed by atoms with Gasteiger partial charge in [-0.1, -0.05) is 0 Å². The summed E-state index contributed by atoms with van der Waals surface area (Å²) < 4.78 is 15.7. The van der Waals surface area contributed by atoms with Crippen molar-refractivity contribution in [2.45, 2.75) is 19.4 Å². The lowest BCUT2D eigenvalue weighted by Gasteiger charge is -2.11. The van der Waals surface area contributed by atoms with Crippen LogP contribution in [0.4, 0.5) is 5.69 Å². The molecule has 2 N–H and O–H groups in total. The summed E-state index contributed by atoms with van der Waals surface area (Å²) in [6.45, 7) is 3.52. The maximum Gasteiger partial charge on any atom is 0.338 e. The van der Waals surface area contributed by atoms with Gasteiger partial charge in [0.05, 0.1) is 31.1 Å². The number of anilines is 1. The summed E-state index contributed by atoms with van der Waals surface area (Å²) in [4.78, 5) is 11.8. The lowest BCUT2D eigenvalue weighted by molar-refractivity contribution is 0.0270. The first-order valence-corrected chi connectivity index (χ1v) is 6.01. The molecule has 1 fully saturated rings. The van der Waals surface area contributed by atoms with E-state index in [1.165, 1.54) is 0 Å². The number of nitrogen functional groups attached to an aromatic ring is 1. The number of carbonyl (C=O) groups is 1. The third-order valence-corrected chi connectivity index (χ3v) is 2.71. The SMILES string of the molecule is CCOc1ccc(C(=O)OC2CCOC2)cc1N. The molecule has 18 heavy (non-hydrogen) atoms. The first-order valence-electron chi connectivity index (χ1n) is 6.01. The van der Waals surface area contributed by atoms with Crippen molar-refractivity contribution in [1.29, 1.82) is 0 Å². The molecule has 0 saturated carbocycles. The van der Waals surface area contributed by atoms with E-state index in [1.807, 2.05) is 6.92 Å². The van der Waals surface area contributed by atoms with Crippen molar-refractivity contribution in [3.63, 3.8) is 0 Å². The molecule has 1 aliphatic rings. The average molecular weight is 251 g/mol. The van der Waals surface area contributed by atoms with Crippen LogP contribution in [0.1, 0.15) is 23.7 Å². The Balaban J connectivity index is 2.03. The predicted octanol–water partition coefficient (Wildman–Crippen LogP) is 1.61. The molecule has 98 valence electrons. The molecule has 0 aromatic heterocycles. The zero-order chi connectivity index (χ0) is 13.0. The normalized spacial score (nSPS) is 18.6. The molecule has 1 unspecified atom stereocenters. The van der Waals surface area contributed by atoms with E-state index in [9.17, 15) is 4.79 Å². The summed E-state index contributed by atoms with van der Waals surface area (Å²) >= 11 is 0. The minimum absolute atomic E-state index is 0.148. The van der Waals surface area contributed by atoms with Gasteiger partial charge in [0.1, 0.15) is 11.9 Å². The molecule has 0 aliphatic carbocycles. The Kier molecular flexibility index (Phi) is 4.04. The van der Waals surface area contributed by atoms with Crippen molar-refractivity contribution in [3.8, 4) is 5.75 Å². The number of esters is 1. The van der Waals surface area contributed by atoms with Gasteiger partial charge in [-0.15, -0.1) is 0 Å². The molecular formula is C13H17NO4. The minimum Gasteiger partial charge on any atom is -0.492 e. The Hall–Kier alpha value is -1.75. The van der Waals surface area contributed by atoms with Crippen LogP contribution in [-0.4, -0.2) is 31.9 Å². The number of ether oxygens (including phenoxy) is 3. The van der Waals surface area contributed by atoms with E-state index in [0.29, 0.717) is 36.8 Å². The highest BCUT2D eigenvalue weighted by Crippen LogP contribution is 2.23. The van der Waals surface area contributed by atoms with Gasteiger partial charge in [0.25, 0.3) is 0 Å². The molecule has 0 radical (unpaired) electrons. The van der Waals surface area contributed by atoms with E-state index in [-0.39, 0.29) is 12.1 Å². The number of benzene rings is 1. The highest BCUT2D eigenvalue weighted by molar-refractivity contribution is 5.91. The minimum atomic E-state index is -0.375. The van der Waals surface area contributed by atoms with E-state index in [2.05, 4.69) is 0 Å². The van der Waals surface area contributed by atoms with E-state index in [1.54, 1.807) is 18.2 Å². The predicted molar refractivity (Wildman–Crippen MR) is 66.7 cm³/mol. The molecule has 5 heteroatoms. The molecule has 2 rings (SSSR count). The molecular weight excluding hydrogens is 234 g/mol. The Morgan fingerprint density at radius 1 is 1.56 bits per heavy atom. The van der Waals surface area contributed by atoms with Crippen molar-refractivity contribution in [3.05, 3.63) is 23.8 Å². The maximum atomic E-state index is 11.8. The number of hydrogen-bond acceptors (Lipinski definition) is 5. The number of rotatable bonds is 4. The maximum absolute atomic E-state index is 11.8. The van der Waals surface area contributed by atoms with Gasteiger partial charge in [-0.3, -0.25) is 0 Å². The van der Waals surface area contributed by atoms with Crippen LogP contribution in [0.2, 0.25) is 0 Å². The molecule has 0 amide bonds. The lowest BCUT2D eigenvalue weighted by Crippen LogP contribution is -2.18. The number of carbonyl (C=O) groups excluding carboxylic acids is 1. The van der Waals surface area contributed by atoms with Gasteiger partial charge in [-0.05, 0) is 25.1 Å². The highest BCUT2D eigenvalue weighted by atomic mass is 16.6. The van der Waals surface area contributed by atoms with Crippen LogP contribution in [0, 0.1) is 0 Å². The second-order valence-electron chi connectivity index (χ2n) is 4.08. The smallest absolute Gasteiger partial charge is 0.338 e. The van der Waals surface area contributed by atoms with Crippen LogP contribution in [0.15, 0.2) is 18.2 Å². The topological polar surface area (TPSA) is 70.8 Å². The van der Waals surface area contributed by atoms with E-state index >= 15 is 0 Å². The molecule has 1 atom stereocenters. The monoisotopic (exact) mass is 251 g/mol. The van der Waals surface area contributed by atoms with Crippen LogP contribution >= 0.6 is 0 Å². The molecule has 1 aromatic carbocycles. The third-order valence-electron chi connectivity index (χ3n) is 2.71. The standard InChI is InChI=1S/C13H17NO4/c1-2-17-12-4-3-9(7-11(12)14)13(15)18-10-5-6-16-8-10/h3-4,7,10H,2,5-6,8,14H2,1H3. The number of hydrogen-bond donors (Lipinski definition) is 1. The van der Waals surface area contributed by atoms with E-state index in [4.69, 9.17) is 19.9 Å². The fourth-order valence-electron chi connectivity index (χ4n) is 1.79. The second kappa shape index (κ2) is 5.73. The van der Waals surface area contributed by atoms with E-state index in [0.717, 1.165) is 6.42 Å². The molecule has 1 aromatic rings. The Labute approximate surface area is 106 Å². The van der Waals surface area contributed by atoms with E-state index < -0.39 is 0 Å². The van der Waals surface area contributed by atoms with Crippen molar-refractivity contribution in [2.24, 2.45) is 0 Å².